The monoisotopic (exact) mass is 379 g/mol. The van der Waals surface area contributed by atoms with Crippen LogP contribution in [0.5, 0.6) is 0 Å². The molecule has 3 aromatic rings. The topological polar surface area (TPSA) is 118 Å². The van der Waals surface area contributed by atoms with Crippen LogP contribution in [0.4, 0.5) is 16.2 Å². The zero-order valence-electron chi connectivity index (χ0n) is 14.9. The minimum atomic E-state index is -1.41. The highest BCUT2D eigenvalue weighted by Gasteiger charge is 2.17. The Balaban J connectivity index is 1.93. The maximum absolute atomic E-state index is 12.7. The van der Waals surface area contributed by atoms with Gasteiger partial charge in [0.25, 0.3) is 0 Å². The lowest BCUT2D eigenvalue weighted by Gasteiger charge is -2.12. The Morgan fingerprint density at radius 1 is 0.964 bits per heavy atom. The first-order chi connectivity index (χ1) is 13.4. The average Bonchev–Trinajstić information content (AvgIpc) is 2.69. The van der Waals surface area contributed by atoms with Gasteiger partial charge in [0.2, 0.25) is 11.3 Å². The molecule has 0 aliphatic carbocycles. The van der Waals surface area contributed by atoms with Gasteiger partial charge in [0.05, 0.1) is 5.52 Å². The van der Waals surface area contributed by atoms with Gasteiger partial charge in [-0.3, -0.25) is 14.2 Å². The number of carboxylic acids is 1. The Kier molecular flexibility index (Phi) is 5.21. The van der Waals surface area contributed by atoms with Gasteiger partial charge in [-0.15, -0.1) is 0 Å². The molecule has 0 saturated heterocycles. The van der Waals surface area contributed by atoms with E-state index in [1.807, 2.05) is 0 Å². The minimum absolute atomic E-state index is 0.127. The van der Waals surface area contributed by atoms with Gasteiger partial charge < -0.3 is 15.7 Å². The van der Waals surface area contributed by atoms with Crippen LogP contribution in [0.3, 0.4) is 0 Å². The summed E-state index contributed by atoms with van der Waals surface area (Å²) in [6.07, 6.45) is 1.36. The van der Waals surface area contributed by atoms with Crippen LogP contribution >= 0.6 is 0 Å². The molecule has 0 saturated carbocycles. The summed E-state index contributed by atoms with van der Waals surface area (Å²) in [6.45, 7) is 1.74. The molecular formula is C20H17N3O5. The Bertz CT molecular complexity index is 1130. The van der Waals surface area contributed by atoms with Crippen LogP contribution in [0.2, 0.25) is 0 Å². The van der Waals surface area contributed by atoms with E-state index in [0.717, 1.165) is 10.8 Å². The SMILES string of the molecule is CCC(=O)Nc1ccc(NC(=O)n2cc(C(=O)O)c(=O)c3ccccc32)cc1. The lowest BCUT2D eigenvalue weighted by atomic mass is 10.1. The fourth-order valence-corrected chi connectivity index (χ4v) is 2.67. The molecule has 0 spiro atoms. The summed E-state index contributed by atoms with van der Waals surface area (Å²) in [5.41, 5.74) is 0.183. The molecule has 142 valence electrons. The number of carboxylic acid groups (broad SMARTS) is 1. The number of aromatic nitrogens is 1. The summed E-state index contributed by atoms with van der Waals surface area (Å²) < 4.78 is 1.09. The third-order valence-corrected chi connectivity index (χ3v) is 4.10. The van der Waals surface area contributed by atoms with E-state index in [2.05, 4.69) is 10.6 Å². The van der Waals surface area contributed by atoms with Crippen LogP contribution in [0, 0.1) is 0 Å². The fraction of sp³-hybridized carbons (Fsp3) is 0.100. The van der Waals surface area contributed by atoms with Gasteiger partial charge in [-0.1, -0.05) is 19.1 Å². The molecule has 0 aliphatic heterocycles. The summed E-state index contributed by atoms with van der Waals surface area (Å²) in [5.74, 6) is -1.54. The van der Waals surface area contributed by atoms with Gasteiger partial charge in [0.1, 0.15) is 5.56 Å². The zero-order valence-corrected chi connectivity index (χ0v) is 14.9. The van der Waals surface area contributed by atoms with Gasteiger partial charge in [0, 0.05) is 29.4 Å². The number of pyridine rings is 1. The summed E-state index contributed by atoms with van der Waals surface area (Å²) >= 11 is 0. The third-order valence-electron chi connectivity index (χ3n) is 4.10. The Hall–Kier alpha value is -3.94. The van der Waals surface area contributed by atoms with E-state index in [0.29, 0.717) is 23.3 Å². The van der Waals surface area contributed by atoms with Crippen molar-refractivity contribution >= 4 is 40.2 Å². The van der Waals surface area contributed by atoms with Crippen LogP contribution < -0.4 is 16.1 Å². The van der Waals surface area contributed by atoms with Crippen LogP contribution in [-0.4, -0.2) is 27.6 Å². The summed E-state index contributed by atoms with van der Waals surface area (Å²) in [6, 6.07) is 12.1. The number of benzene rings is 2. The lowest BCUT2D eigenvalue weighted by Crippen LogP contribution is -2.25. The molecule has 3 N–H and O–H groups in total. The largest absolute Gasteiger partial charge is 0.477 e. The molecule has 1 aromatic heterocycles. The molecule has 0 aliphatic rings. The molecule has 3 rings (SSSR count). The number of hydrogen-bond donors (Lipinski definition) is 3. The highest BCUT2D eigenvalue weighted by atomic mass is 16.4. The Morgan fingerprint density at radius 2 is 1.57 bits per heavy atom. The van der Waals surface area contributed by atoms with Crippen molar-refractivity contribution in [3.63, 3.8) is 0 Å². The Labute approximate surface area is 159 Å². The standard InChI is InChI=1S/C20H17N3O5/c1-2-17(24)21-12-7-9-13(10-8-12)22-20(28)23-11-15(19(26)27)18(25)14-5-3-4-6-16(14)23/h3-11H,2H2,1H3,(H,21,24)(H,22,28)(H,26,27). The predicted octanol–water partition coefficient (Wildman–Crippen LogP) is 3.13. The number of para-hydroxylation sites is 1. The van der Waals surface area contributed by atoms with Crippen molar-refractivity contribution < 1.29 is 19.5 Å². The molecular weight excluding hydrogens is 362 g/mol. The van der Waals surface area contributed by atoms with Crippen LogP contribution in [0.15, 0.2) is 59.5 Å². The summed E-state index contributed by atoms with van der Waals surface area (Å²) in [4.78, 5) is 47.8. The van der Waals surface area contributed by atoms with Crippen molar-refractivity contribution in [2.24, 2.45) is 0 Å². The number of carbonyl (C=O) groups is 3. The van der Waals surface area contributed by atoms with E-state index in [9.17, 15) is 24.3 Å². The number of rotatable bonds is 4. The number of amides is 2. The first-order valence-electron chi connectivity index (χ1n) is 8.49. The molecule has 1 heterocycles. The molecule has 0 unspecified atom stereocenters. The van der Waals surface area contributed by atoms with Gasteiger partial charge in [-0.2, -0.15) is 0 Å². The van der Waals surface area contributed by atoms with Crippen molar-refractivity contribution in [3.8, 4) is 0 Å². The van der Waals surface area contributed by atoms with Crippen molar-refractivity contribution in [1.82, 2.24) is 4.57 Å². The van der Waals surface area contributed by atoms with Crippen molar-refractivity contribution in [2.45, 2.75) is 13.3 Å². The third kappa shape index (κ3) is 3.75. The smallest absolute Gasteiger partial charge is 0.341 e. The highest BCUT2D eigenvalue weighted by molar-refractivity contribution is 6.01. The van der Waals surface area contributed by atoms with E-state index < -0.39 is 23.0 Å². The number of aromatic carboxylic acids is 1. The summed E-state index contributed by atoms with van der Waals surface area (Å²) in [7, 11) is 0. The van der Waals surface area contributed by atoms with Gasteiger partial charge >= 0.3 is 12.0 Å². The van der Waals surface area contributed by atoms with Crippen molar-refractivity contribution in [2.75, 3.05) is 10.6 Å². The second-order valence-electron chi connectivity index (χ2n) is 5.97. The Morgan fingerprint density at radius 3 is 2.18 bits per heavy atom. The number of hydrogen-bond acceptors (Lipinski definition) is 4. The van der Waals surface area contributed by atoms with E-state index in [4.69, 9.17) is 0 Å². The van der Waals surface area contributed by atoms with E-state index >= 15 is 0 Å². The molecule has 0 radical (unpaired) electrons. The summed E-state index contributed by atoms with van der Waals surface area (Å²) in [5, 5.41) is 14.7. The average molecular weight is 379 g/mol. The first-order valence-corrected chi connectivity index (χ1v) is 8.49. The molecule has 8 heteroatoms. The van der Waals surface area contributed by atoms with Crippen molar-refractivity contribution in [3.05, 3.63) is 70.5 Å². The molecule has 0 bridgehead atoms. The van der Waals surface area contributed by atoms with E-state index in [-0.39, 0.29) is 11.3 Å². The highest BCUT2D eigenvalue weighted by Crippen LogP contribution is 2.16. The van der Waals surface area contributed by atoms with Gasteiger partial charge in [-0.05, 0) is 36.4 Å². The maximum atomic E-state index is 12.7. The van der Waals surface area contributed by atoms with E-state index in [1.165, 1.54) is 6.07 Å². The second kappa shape index (κ2) is 7.75. The number of anilines is 2. The quantitative estimate of drug-likeness (QED) is 0.644. The zero-order chi connectivity index (χ0) is 20.3. The molecule has 28 heavy (non-hydrogen) atoms. The van der Waals surface area contributed by atoms with Crippen LogP contribution in [0.1, 0.15) is 23.7 Å². The predicted molar refractivity (Wildman–Crippen MR) is 105 cm³/mol. The molecule has 0 atom stereocenters. The molecule has 2 amide bonds. The second-order valence-corrected chi connectivity index (χ2v) is 5.97. The van der Waals surface area contributed by atoms with E-state index in [1.54, 1.807) is 49.4 Å². The number of carbonyl (C=O) groups excluding carboxylic acids is 2. The van der Waals surface area contributed by atoms with Crippen molar-refractivity contribution in [1.29, 1.82) is 0 Å². The fourth-order valence-electron chi connectivity index (χ4n) is 2.67. The van der Waals surface area contributed by atoms with Crippen LogP contribution in [0.25, 0.3) is 10.9 Å². The first kappa shape index (κ1) is 18.8. The molecule has 0 fully saturated rings. The van der Waals surface area contributed by atoms with Gasteiger partial charge in [-0.25, -0.2) is 9.59 Å². The minimum Gasteiger partial charge on any atom is -0.477 e. The number of nitrogens with one attached hydrogen (secondary N) is 2. The van der Waals surface area contributed by atoms with Gasteiger partial charge in [0.15, 0.2) is 0 Å². The lowest BCUT2D eigenvalue weighted by molar-refractivity contribution is -0.115. The maximum Gasteiger partial charge on any atom is 0.341 e. The normalized spacial score (nSPS) is 10.5. The number of fused-ring (bicyclic) bond motifs is 1. The van der Waals surface area contributed by atoms with Crippen LogP contribution in [-0.2, 0) is 4.79 Å². The molecule has 2 aromatic carbocycles. The number of nitrogens with zero attached hydrogens (tertiary/aromatic N) is 1. The molecule has 8 nitrogen and oxygen atoms in total.